The minimum absolute atomic E-state index is 1.11. The molecule has 1 fully saturated rings. The van der Waals surface area contributed by atoms with Crippen LogP contribution in [-0.4, -0.2) is 52.6 Å². The van der Waals surface area contributed by atoms with E-state index >= 15 is 0 Å². The quantitative estimate of drug-likeness (QED) is 0.619. The van der Waals surface area contributed by atoms with Crippen molar-refractivity contribution in [3.8, 4) is 0 Å². The van der Waals surface area contributed by atoms with Gasteiger partial charge in [-0.15, -0.1) is 0 Å². The largest absolute Gasteiger partial charge is 0.357 e. The molecule has 0 aromatic rings. The molecule has 1 saturated heterocycles. The zero-order valence-electron chi connectivity index (χ0n) is 10.6. The Morgan fingerprint density at radius 3 is 2.44 bits per heavy atom. The van der Waals surface area contributed by atoms with Gasteiger partial charge in [-0.3, -0.25) is 0 Å². The number of thiocarbonyl (C=S) groups is 1. The third kappa shape index (κ3) is 5.02. The molecule has 1 aliphatic rings. The predicted octanol–water partition coefficient (Wildman–Crippen LogP) is 2.83. The maximum atomic E-state index is 5.30. The molecule has 0 aromatic heterocycles. The van der Waals surface area contributed by atoms with Crippen molar-refractivity contribution in [2.45, 2.75) is 33.1 Å². The van der Waals surface area contributed by atoms with Crippen molar-refractivity contribution in [1.82, 2.24) is 9.80 Å². The molecule has 16 heavy (non-hydrogen) atoms. The van der Waals surface area contributed by atoms with Gasteiger partial charge in [0, 0.05) is 18.8 Å². The first-order chi connectivity index (χ1) is 7.77. The third-order valence-corrected chi connectivity index (χ3v) is 4.33. The van der Waals surface area contributed by atoms with Gasteiger partial charge < -0.3 is 9.80 Å². The Bertz CT molecular complexity index is 203. The van der Waals surface area contributed by atoms with Crippen LogP contribution in [0.2, 0.25) is 0 Å². The molecule has 1 heterocycles. The lowest BCUT2D eigenvalue weighted by atomic mass is 10.3. The van der Waals surface area contributed by atoms with Crippen molar-refractivity contribution in [3.05, 3.63) is 0 Å². The molecule has 94 valence electrons. The van der Waals surface area contributed by atoms with Crippen molar-refractivity contribution in [2.24, 2.45) is 0 Å². The summed E-state index contributed by atoms with van der Waals surface area (Å²) < 4.78 is 1.11. The highest BCUT2D eigenvalue weighted by Gasteiger charge is 2.16. The highest BCUT2D eigenvalue weighted by Crippen LogP contribution is 2.17. The van der Waals surface area contributed by atoms with E-state index < -0.39 is 0 Å². The van der Waals surface area contributed by atoms with Gasteiger partial charge in [0.05, 0.1) is 0 Å². The normalized spacial score (nSPS) is 16.4. The molecule has 0 aliphatic carbocycles. The maximum Gasteiger partial charge on any atom is 0.136 e. The fourth-order valence-corrected chi connectivity index (χ4v) is 3.37. The number of nitrogens with zero attached hydrogens (tertiary/aromatic N) is 2. The highest BCUT2D eigenvalue weighted by molar-refractivity contribution is 8.23. The summed E-state index contributed by atoms with van der Waals surface area (Å²) in [6, 6.07) is 0. The van der Waals surface area contributed by atoms with Gasteiger partial charge in [-0.25, -0.2) is 0 Å². The van der Waals surface area contributed by atoms with Crippen LogP contribution in [0.1, 0.15) is 33.1 Å². The molecule has 0 bridgehead atoms. The first-order valence-electron chi connectivity index (χ1n) is 6.42. The van der Waals surface area contributed by atoms with Crippen molar-refractivity contribution >= 4 is 28.3 Å². The average molecular weight is 260 g/mol. The van der Waals surface area contributed by atoms with Crippen LogP contribution in [0.4, 0.5) is 0 Å². The Labute approximate surface area is 110 Å². The molecule has 4 heteroatoms. The second kappa shape index (κ2) is 8.31. The summed E-state index contributed by atoms with van der Waals surface area (Å²) in [5, 5.41) is 0. The monoisotopic (exact) mass is 260 g/mol. The number of hydrogen-bond acceptors (Lipinski definition) is 3. The summed E-state index contributed by atoms with van der Waals surface area (Å²) in [5.41, 5.74) is 0. The fraction of sp³-hybridized carbons (Fsp3) is 0.917. The van der Waals surface area contributed by atoms with Crippen LogP contribution < -0.4 is 0 Å². The molecule has 1 aliphatic heterocycles. The molecule has 2 nitrogen and oxygen atoms in total. The molecule has 0 unspecified atom stereocenters. The van der Waals surface area contributed by atoms with Gasteiger partial charge in [-0.05, 0) is 38.9 Å². The lowest BCUT2D eigenvalue weighted by Crippen LogP contribution is -2.31. The second-order valence-corrected chi connectivity index (χ2v) is 6.03. The SMILES string of the molecule is CCCN(CCC)CCCN1CCSC1=S. The summed E-state index contributed by atoms with van der Waals surface area (Å²) in [4.78, 5) is 4.93. The third-order valence-electron chi connectivity index (χ3n) is 2.83. The van der Waals surface area contributed by atoms with Crippen molar-refractivity contribution in [2.75, 3.05) is 38.5 Å². The summed E-state index contributed by atoms with van der Waals surface area (Å²) >= 11 is 7.13. The van der Waals surface area contributed by atoms with Gasteiger partial charge in [-0.2, -0.15) is 0 Å². The summed E-state index contributed by atoms with van der Waals surface area (Å²) in [5.74, 6) is 1.19. The van der Waals surface area contributed by atoms with Crippen LogP contribution in [0, 0.1) is 0 Å². The van der Waals surface area contributed by atoms with Crippen molar-refractivity contribution in [3.63, 3.8) is 0 Å². The van der Waals surface area contributed by atoms with Gasteiger partial charge in [-0.1, -0.05) is 37.8 Å². The molecule has 0 spiro atoms. The average Bonchev–Trinajstić information content (AvgIpc) is 2.65. The molecule has 0 atom stereocenters. The van der Waals surface area contributed by atoms with Gasteiger partial charge in [0.1, 0.15) is 4.32 Å². The Morgan fingerprint density at radius 1 is 1.25 bits per heavy atom. The number of thioether (sulfide) groups is 1. The van der Waals surface area contributed by atoms with E-state index in [2.05, 4.69) is 23.6 Å². The predicted molar refractivity (Wildman–Crippen MR) is 78.3 cm³/mol. The van der Waals surface area contributed by atoms with Crippen LogP contribution in [-0.2, 0) is 0 Å². The zero-order chi connectivity index (χ0) is 11.8. The van der Waals surface area contributed by atoms with E-state index in [1.807, 2.05) is 11.8 Å². The van der Waals surface area contributed by atoms with E-state index in [1.54, 1.807) is 0 Å². The molecule has 0 saturated carbocycles. The minimum atomic E-state index is 1.11. The molecule has 0 amide bonds. The zero-order valence-corrected chi connectivity index (χ0v) is 12.2. The molecular weight excluding hydrogens is 236 g/mol. The van der Waals surface area contributed by atoms with E-state index in [-0.39, 0.29) is 0 Å². The van der Waals surface area contributed by atoms with Gasteiger partial charge >= 0.3 is 0 Å². The van der Waals surface area contributed by atoms with E-state index in [9.17, 15) is 0 Å². The lowest BCUT2D eigenvalue weighted by molar-refractivity contribution is 0.261. The molecule has 0 aromatic carbocycles. The van der Waals surface area contributed by atoms with Crippen LogP contribution in [0.3, 0.4) is 0 Å². The minimum Gasteiger partial charge on any atom is -0.357 e. The Hall–Kier alpha value is 0.200. The van der Waals surface area contributed by atoms with Crippen LogP contribution >= 0.6 is 24.0 Å². The molecular formula is C12H24N2S2. The number of hydrogen-bond donors (Lipinski definition) is 0. The summed E-state index contributed by atoms with van der Waals surface area (Å²) in [7, 11) is 0. The van der Waals surface area contributed by atoms with Crippen LogP contribution in [0.5, 0.6) is 0 Å². The van der Waals surface area contributed by atoms with E-state index in [0.717, 1.165) is 17.4 Å². The van der Waals surface area contributed by atoms with Crippen molar-refractivity contribution in [1.29, 1.82) is 0 Å². The smallest absolute Gasteiger partial charge is 0.136 e. The highest BCUT2D eigenvalue weighted by atomic mass is 32.2. The Morgan fingerprint density at radius 2 is 1.94 bits per heavy atom. The standard InChI is InChI=1S/C12H24N2S2/c1-3-6-13(7-4-2)8-5-9-14-10-11-16-12(14)15/h3-11H2,1-2H3. The van der Waals surface area contributed by atoms with E-state index in [0.29, 0.717) is 0 Å². The summed E-state index contributed by atoms with van der Waals surface area (Å²) in [6.07, 6.45) is 3.77. The van der Waals surface area contributed by atoms with Crippen molar-refractivity contribution < 1.29 is 0 Å². The molecule has 0 radical (unpaired) electrons. The van der Waals surface area contributed by atoms with Gasteiger partial charge in [0.15, 0.2) is 0 Å². The van der Waals surface area contributed by atoms with Gasteiger partial charge in [0.25, 0.3) is 0 Å². The second-order valence-electron chi connectivity index (χ2n) is 4.30. The van der Waals surface area contributed by atoms with Gasteiger partial charge in [0.2, 0.25) is 0 Å². The Balaban J connectivity index is 2.14. The first kappa shape index (κ1) is 14.3. The molecule has 0 N–H and O–H groups in total. The van der Waals surface area contributed by atoms with E-state index in [4.69, 9.17) is 12.2 Å². The lowest BCUT2D eigenvalue weighted by Gasteiger charge is -2.23. The first-order valence-corrected chi connectivity index (χ1v) is 7.81. The topological polar surface area (TPSA) is 6.48 Å². The number of rotatable bonds is 8. The molecule has 1 rings (SSSR count). The summed E-state index contributed by atoms with van der Waals surface area (Å²) in [6.45, 7) is 10.5. The Kier molecular flexibility index (Phi) is 7.41. The van der Waals surface area contributed by atoms with Crippen LogP contribution in [0.15, 0.2) is 0 Å². The van der Waals surface area contributed by atoms with Crippen LogP contribution in [0.25, 0.3) is 0 Å². The van der Waals surface area contributed by atoms with E-state index in [1.165, 1.54) is 44.6 Å². The fourth-order valence-electron chi connectivity index (χ4n) is 2.08. The maximum absolute atomic E-state index is 5.30.